The normalized spacial score (nSPS) is 23.8. The summed E-state index contributed by atoms with van der Waals surface area (Å²) in [5, 5.41) is 9.44. The minimum absolute atomic E-state index is 0.453. The third-order valence-electron chi connectivity index (χ3n) is 3.87. The second-order valence-corrected chi connectivity index (χ2v) is 6.07. The zero-order chi connectivity index (χ0) is 14.0. The van der Waals surface area contributed by atoms with Crippen LogP contribution in [0.4, 0.5) is 0 Å². The summed E-state index contributed by atoms with van der Waals surface area (Å²) in [6, 6.07) is 7.94. The first kappa shape index (κ1) is 14.1. The van der Waals surface area contributed by atoms with E-state index in [2.05, 4.69) is 15.9 Å². The first-order valence-electron chi connectivity index (χ1n) is 6.29. The molecule has 0 saturated heterocycles. The third-order valence-corrected chi connectivity index (χ3v) is 4.40. The molecular weight excluding hydrogens is 304 g/mol. The molecule has 100 valence electrons. The van der Waals surface area contributed by atoms with E-state index >= 15 is 0 Å². The summed E-state index contributed by atoms with van der Waals surface area (Å²) in [6.07, 6.45) is 6.80. The molecular formula is C16H17BrO2. The molecule has 2 nitrogen and oxygen atoms in total. The fraction of sp³-hybridized carbons (Fsp3) is 0.312. The van der Waals surface area contributed by atoms with Crippen LogP contribution in [0.2, 0.25) is 0 Å². The maximum atomic E-state index is 11.5. The van der Waals surface area contributed by atoms with E-state index in [1.54, 1.807) is 6.92 Å². The lowest BCUT2D eigenvalue weighted by molar-refractivity contribution is -0.143. The Morgan fingerprint density at radius 2 is 2.00 bits per heavy atom. The third kappa shape index (κ3) is 2.66. The Hall–Kier alpha value is -1.35. The van der Waals surface area contributed by atoms with Crippen molar-refractivity contribution in [2.24, 2.45) is 5.92 Å². The van der Waals surface area contributed by atoms with Gasteiger partial charge in [-0.15, -0.1) is 0 Å². The maximum Gasteiger partial charge on any atom is 0.307 e. The van der Waals surface area contributed by atoms with Gasteiger partial charge in [0, 0.05) is 9.89 Å². The number of benzene rings is 1. The van der Waals surface area contributed by atoms with E-state index in [0.717, 1.165) is 16.5 Å². The van der Waals surface area contributed by atoms with E-state index in [1.807, 2.05) is 49.4 Å². The van der Waals surface area contributed by atoms with E-state index < -0.39 is 17.3 Å². The van der Waals surface area contributed by atoms with Gasteiger partial charge in [-0.3, -0.25) is 4.79 Å². The van der Waals surface area contributed by atoms with Crippen molar-refractivity contribution >= 4 is 21.9 Å². The number of carbonyl (C=O) groups is 1. The Bertz CT molecular complexity index is 542. The smallest absolute Gasteiger partial charge is 0.307 e. The van der Waals surface area contributed by atoms with Crippen LogP contribution < -0.4 is 0 Å². The van der Waals surface area contributed by atoms with Gasteiger partial charge in [-0.25, -0.2) is 0 Å². The number of hydrogen-bond donors (Lipinski definition) is 1. The summed E-state index contributed by atoms with van der Waals surface area (Å²) in [4.78, 5) is 11.5. The molecule has 1 aromatic carbocycles. The number of allylic oxidation sites excluding steroid dienone is 4. The summed E-state index contributed by atoms with van der Waals surface area (Å²) < 4.78 is 1.00. The first-order chi connectivity index (χ1) is 8.95. The monoisotopic (exact) mass is 320 g/mol. The van der Waals surface area contributed by atoms with Gasteiger partial charge in [0.05, 0.1) is 5.92 Å². The van der Waals surface area contributed by atoms with Crippen LogP contribution in [0.1, 0.15) is 25.8 Å². The van der Waals surface area contributed by atoms with Gasteiger partial charge in [0.1, 0.15) is 0 Å². The Labute approximate surface area is 122 Å². The minimum Gasteiger partial charge on any atom is -0.481 e. The van der Waals surface area contributed by atoms with Gasteiger partial charge in [0.2, 0.25) is 0 Å². The molecule has 1 aliphatic carbocycles. The predicted molar refractivity (Wildman–Crippen MR) is 80.1 cm³/mol. The molecule has 0 spiro atoms. The molecule has 0 heterocycles. The van der Waals surface area contributed by atoms with Gasteiger partial charge >= 0.3 is 5.97 Å². The molecule has 0 aromatic heterocycles. The van der Waals surface area contributed by atoms with E-state index in [-0.39, 0.29) is 0 Å². The maximum absolute atomic E-state index is 11.5. The van der Waals surface area contributed by atoms with Crippen LogP contribution in [0.15, 0.2) is 52.5 Å². The highest BCUT2D eigenvalue weighted by molar-refractivity contribution is 9.10. The van der Waals surface area contributed by atoms with Crippen LogP contribution in [-0.2, 0) is 10.2 Å². The molecule has 0 saturated carbocycles. The summed E-state index contributed by atoms with van der Waals surface area (Å²) in [5.74, 6) is -1.23. The Balaban J connectivity index is 2.52. The Kier molecular flexibility index (Phi) is 3.95. The number of halogens is 1. The van der Waals surface area contributed by atoms with Crippen molar-refractivity contribution in [1.82, 2.24) is 0 Å². The molecule has 1 aliphatic rings. The van der Waals surface area contributed by atoms with E-state index in [9.17, 15) is 9.90 Å². The van der Waals surface area contributed by atoms with E-state index in [0.29, 0.717) is 0 Å². The lowest BCUT2D eigenvalue weighted by Crippen LogP contribution is -2.37. The molecule has 0 amide bonds. The van der Waals surface area contributed by atoms with Crippen molar-refractivity contribution in [3.8, 4) is 0 Å². The van der Waals surface area contributed by atoms with Crippen molar-refractivity contribution in [1.29, 1.82) is 0 Å². The number of aliphatic carboxylic acids is 1. The van der Waals surface area contributed by atoms with Gasteiger partial charge in [0.25, 0.3) is 0 Å². The lowest BCUT2D eigenvalue weighted by Gasteiger charge is -2.37. The van der Waals surface area contributed by atoms with Crippen molar-refractivity contribution in [3.63, 3.8) is 0 Å². The molecule has 2 unspecified atom stereocenters. The molecule has 1 aromatic rings. The van der Waals surface area contributed by atoms with Crippen LogP contribution in [-0.4, -0.2) is 11.1 Å². The highest BCUT2D eigenvalue weighted by Crippen LogP contribution is 2.42. The van der Waals surface area contributed by atoms with Gasteiger partial charge in [-0.05, 0) is 31.0 Å². The largest absolute Gasteiger partial charge is 0.481 e. The van der Waals surface area contributed by atoms with Crippen LogP contribution in [0.3, 0.4) is 0 Å². The predicted octanol–water partition coefficient (Wildman–Crippen LogP) is 4.31. The fourth-order valence-electron chi connectivity index (χ4n) is 2.69. The van der Waals surface area contributed by atoms with Gasteiger partial charge in [-0.2, -0.15) is 0 Å². The molecule has 0 aliphatic heterocycles. The van der Waals surface area contributed by atoms with Gasteiger partial charge in [-0.1, -0.05) is 58.8 Å². The number of carboxylic acid groups (broad SMARTS) is 1. The highest BCUT2D eigenvalue weighted by atomic mass is 79.9. The highest BCUT2D eigenvalue weighted by Gasteiger charge is 2.40. The molecule has 0 bridgehead atoms. The molecule has 19 heavy (non-hydrogen) atoms. The lowest BCUT2D eigenvalue weighted by atomic mass is 9.65. The molecule has 3 heteroatoms. The molecule has 1 N–H and O–H groups in total. The zero-order valence-corrected chi connectivity index (χ0v) is 12.6. The van der Waals surface area contributed by atoms with Crippen LogP contribution >= 0.6 is 15.9 Å². The van der Waals surface area contributed by atoms with Gasteiger partial charge < -0.3 is 5.11 Å². The zero-order valence-electron chi connectivity index (χ0n) is 11.1. The average molecular weight is 321 g/mol. The summed E-state index contributed by atoms with van der Waals surface area (Å²) in [6.45, 7) is 3.83. The molecule has 2 atom stereocenters. The molecule has 2 rings (SSSR count). The fourth-order valence-corrected chi connectivity index (χ4v) is 2.95. The quantitative estimate of drug-likeness (QED) is 0.900. The van der Waals surface area contributed by atoms with Crippen molar-refractivity contribution in [2.75, 3.05) is 0 Å². The molecule has 0 radical (unpaired) electrons. The Morgan fingerprint density at radius 1 is 1.37 bits per heavy atom. The van der Waals surface area contributed by atoms with E-state index in [1.165, 1.54) is 5.57 Å². The summed E-state index contributed by atoms with van der Waals surface area (Å²) in [7, 11) is 0. The first-order valence-corrected chi connectivity index (χ1v) is 7.09. The Morgan fingerprint density at radius 3 is 2.53 bits per heavy atom. The van der Waals surface area contributed by atoms with E-state index in [4.69, 9.17) is 0 Å². The average Bonchev–Trinajstić information content (AvgIpc) is 2.38. The topological polar surface area (TPSA) is 37.3 Å². The second kappa shape index (κ2) is 5.33. The second-order valence-electron chi connectivity index (χ2n) is 5.16. The number of carboxylic acids is 1. The summed E-state index contributed by atoms with van der Waals surface area (Å²) >= 11 is 3.42. The minimum atomic E-state index is -0.762. The number of hydrogen-bond acceptors (Lipinski definition) is 1. The van der Waals surface area contributed by atoms with Crippen LogP contribution in [0.25, 0.3) is 0 Å². The SMILES string of the molecule is CC1=CC=CC(c2ccc(Br)cc2)(C(C)C(=O)O)C1. The van der Waals surface area contributed by atoms with Crippen molar-refractivity contribution < 1.29 is 9.90 Å². The van der Waals surface area contributed by atoms with Crippen molar-refractivity contribution in [2.45, 2.75) is 25.7 Å². The standard InChI is InChI=1S/C16H17BrO2/c1-11-4-3-9-16(10-11,12(2)15(18)19)13-5-7-14(17)8-6-13/h3-9,12H,10H2,1-2H3,(H,18,19). The van der Waals surface area contributed by atoms with Crippen LogP contribution in [0.5, 0.6) is 0 Å². The number of rotatable bonds is 3. The van der Waals surface area contributed by atoms with Crippen molar-refractivity contribution in [3.05, 3.63) is 58.1 Å². The summed E-state index contributed by atoms with van der Waals surface area (Å²) in [5.41, 5.74) is 1.80. The van der Waals surface area contributed by atoms with Gasteiger partial charge in [0.15, 0.2) is 0 Å². The van der Waals surface area contributed by atoms with Crippen LogP contribution in [0, 0.1) is 5.92 Å². The molecule has 0 fully saturated rings.